The lowest BCUT2D eigenvalue weighted by Crippen LogP contribution is -2.07. The highest BCUT2D eigenvalue weighted by atomic mass is 16.4. The van der Waals surface area contributed by atoms with Crippen molar-refractivity contribution in [2.24, 2.45) is 5.92 Å². The molecule has 0 saturated heterocycles. The molecule has 1 N–H and O–H groups in total. The quantitative estimate of drug-likeness (QED) is 0.907. The van der Waals surface area contributed by atoms with Gasteiger partial charge >= 0.3 is 5.97 Å². The van der Waals surface area contributed by atoms with Crippen molar-refractivity contribution in [2.75, 3.05) is 0 Å². The van der Waals surface area contributed by atoms with Crippen LogP contribution < -0.4 is 0 Å². The predicted octanol–water partition coefficient (Wildman–Crippen LogP) is 3.01. The molecule has 0 aliphatic carbocycles. The van der Waals surface area contributed by atoms with E-state index < -0.39 is 5.97 Å². The topological polar surface area (TPSA) is 76.2 Å². The average Bonchev–Trinajstić information content (AvgIpc) is 2.79. The third-order valence-electron chi connectivity index (χ3n) is 3.35. The fourth-order valence-electron chi connectivity index (χ4n) is 2.10. The first kappa shape index (κ1) is 14.2. The number of aryl methyl sites for hydroxylation is 1. The van der Waals surface area contributed by atoms with Crippen LogP contribution in [0.3, 0.4) is 0 Å². The van der Waals surface area contributed by atoms with Gasteiger partial charge in [0.15, 0.2) is 0 Å². The molecule has 0 saturated carbocycles. The molecule has 5 heteroatoms. The molecule has 20 heavy (non-hydrogen) atoms. The van der Waals surface area contributed by atoms with Crippen LogP contribution in [0.5, 0.6) is 0 Å². The van der Waals surface area contributed by atoms with Gasteiger partial charge in [-0.1, -0.05) is 19.1 Å². The fourth-order valence-corrected chi connectivity index (χ4v) is 2.10. The van der Waals surface area contributed by atoms with Gasteiger partial charge in [-0.25, -0.2) is 0 Å². The molecule has 1 unspecified atom stereocenters. The Bertz CT molecular complexity index is 619. The van der Waals surface area contributed by atoms with Crippen LogP contribution >= 0.6 is 0 Å². The largest absolute Gasteiger partial charge is 0.481 e. The van der Waals surface area contributed by atoms with E-state index >= 15 is 0 Å². The van der Waals surface area contributed by atoms with Gasteiger partial charge in [0, 0.05) is 18.4 Å². The van der Waals surface area contributed by atoms with E-state index in [0.717, 1.165) is 11.1 Å². The molecule has 2 aromatic rings. The first-order valence-electron chi connectivity index (χ1n) is 6.58. The second kappa shape index (κ2) is 5.86. The first-order chi connectivity index (χ1) is 9.47. The Morgan fingerprint density at radius 3 is 2.80 bits per heavy atom. The highest BCUT2D eigenvalue weighted by Crippen LogP contribution is 2.25. The highest BCUT2D eigenvalue weighted by Gasteiger charge is 2.15. The lowest BCUT2D eigenvalue weighted by molar-refractivity contribution is -0.137. The molecule has 1 heterocycles. The number of benzene rings is 1. The number of carboxylic acid groups (broad SMARTS) is 1. The first-order valence-corrected chi connectivity index (χ1v) is 6.58. The zero-order chi connectivity index (χ0) is 14.7. The minimum absolute atomic E-state index is 0.0283. The van der Waals surface area contributed by atoms with Crippen molar-refractivity contribution >= 4 is 5.97 Å². The highest BCUT2D eigenvalue weighted by molar-refractivity contribution is 5.67. The van der Waals surface area contributed by atoms with E-state index in [2.05, 4.69) is 10.2 Å². The summed E-state index contributed by atoms with van der Waals surface area (Å²) >= 11 is 0. The van der Waals surface area contributed by atoms with Crippen molar-refractivity contribution in [3.05, 3.63) is 35.2 Å². The van der Waals surface area contributed by atoms with Gasteiger partial charge < -0.3 is 9.52 Å². The van der Waals surface area contributed by atoms with Crippen molar-refractivity contribution in [1.82, 2.24) is 10.2 Å². The lowest BCUT2D eigenvalue weighted by atomic mass is 10.0. The Kier molecular flexibility index (Phi) is 4.17. The van der Waals surface area contributed by atoms with Crippen LogP contribution in [0.25, 0.3) is 11.5 Å². The average molecular weight is 274 g/mol. The number of rotatable bonds is 5. The number of nitrogens with zero attached hydrogens (tertiary/aromatic N) is 2. The molecule has 5 nitrogen and oxygen atoms in total. The SMILES string of the molecule is Cc1cccc(-c2nnc(CC(C)CC(=O)O)o2)c1C. The standard InChI is InChI=1S/C15H18N2O3/c1-9(8-14(18)19)7-13-16-17-15(20-13)12-6-4-5-10(2)11(12)3/h4-6,9H,7-8H2,1-3H3,(H,18,19). The van der Waals surface area contributed by atoms with E-state index in [9.17, 15) is 4.79 Å². The van der Waals surface area contributed by atoms with Gasteiger partial charge in [0.2, 0.25) is 11.8 Å². The molecule has 2 rings (SSSR count). The Labute approximate surface area is 117 Å². The van der Waals surface area contributed by atoms with Crippen molar-refractivity contribution < 1.29 is 14.3 Å². The van der Waals surface area contributed by atoms with Gasteiger partial charge in [-0.15, -0.1) is 10.2 Å². The molecular weight excluding hydrogens is 256 g/mol. The van der Waals surface area contributed by atoms with Crippen LogP contribution in [-0.2, 0) is 11.2 Å². The van der Waals surface area contributed by atoms with E-state index in [1.165, 1.54) is 5.56 Å². The Hall–Kier alpha value is -2.17. The molecular formula is C15H18N2O3. The molecule has 0 spiro atoms. The summed E-state index contributed by atoms with van der Waals surface area (Å²) in [6, 6.07) is 5.93. The Morgan fingerprint density at radius 1 is 1.35 bits per heavy atom. The monoisotopic (exact) mass is 274 g/mol. The number of carboxylic acids is 1. The summed E-state index contributed by atoms with van der Waals surface area (Å²) in [5.41, 5.74) is 3.21. The summed E-state index contributed by atoms with van der Waals surface area (Å²) in [5.74, 6) is 0.129. The summed E-state index contributed by atoms with van der Waals surface area (Å²) < 4.78 is 5.64. The molecule has 106 valence electrons. The maximum atomic E-state index is 10.6. The van der Waals surface area contributed by atoms with Crippen LogP contribution in [0.1, 0.15) is 30.4 Å². The van der Waals surface area contributed by atoms with E-state index in [1.54, 1.807) is 0 Å². The number of hydrogen-bond donors (Lipinski definition) is 1. The Balaban J connectivity index is 2.17. The molecule has 0 bridgehead atoms. The van der Waals surface area contributed by atoms with Crippen LogP contribution in [0.15, 0.2) is 22.6 Å². The van der Waals surface area contributed by atoms with E-state index in [1.807, 2.05) is 39.0 Å². The molecule has 0 radical (unpaired) electrons. The van der Waals surface area contributed by atoms with E-state index in [-0.39, 0.29) is 12.3 Å². The van der Waals surface area contributed by atoms with E-state index in [4.69, 9.17) is 9.52 Å². The summed E-state index contributed by atoms with van der Waals surface area (Å²) in [7, 11) is 0. The van der Waals surface area contributed by atoms with Gasteiger partial charge in [-0.2, -0.15) is 0 Å². The molecule has 0 aliphatic heterocycles. The van der Waals surface area contributed by atoms with Crippen LogP contribution in [0, 0.1) is 19.8 Å². The third-order valence-corrected chi connectivity index (χ3v) is 3.35. The van der Waals surface area contributed by atoms with Crippen LogP contribution in [0.2, 0.25) is 0 Å². The normalized spacial score (nSPS) is 12.3. The fraction of sp³-hybridized carbons (Fsp3) is 0.400. The van der Waals surface area contributed by atoms with Gasteiger partial charge in [0.05, 0.1) is 0 Å². The second-order valence-corrected chi connectivity index (χ2v) is 5.16. The molecule has 0 fully saturated rings. The second-order valence-electron chi connectivity index (χ2n) is 5.16. The van der Waals surface area contributed by atoms with E-state index in [0.29, 0.717) is 18.2 Å². The number of aromatic nitrogens is 2. The maximum absolute atomic E-state index is 10.6. The van der Waals surface area contributed by atoms with Crippen LogP contribution in [-0.4, -0.2) is 21.3 Å². The third kappa shape index (κ3) is 3.23. The van der Waals surface area contributed by atoms with Gasteiger partial charge in [0.1, 0.15) is 0 Å². The van der Waals surface area contributed by atoms with Crippen molar-refractivity contribution in [3.8, 4) is 11.5 Å². The Morgan fingerprint density at radius 2 is 2.10 bits per heavy atom. The van der Waals surface area contributed by atoms with Gasteiger partial charge in [0.25, 0.3) is 0 Å². The summed E-state index contributed by atoms with van der Waals surface area (Å²) in [6.07, 6.45) is 0.575. The lowest BCUT2D eigenvalue weighted by Gasteiger charge is -2.05. The minimum Gasteiger partial charge on any atom is -0.481 e. The van der Waals surface area contributed by atoms with Crippen molar-refractivity contribution in [1.29, 1.82) is 0 Å². The summed E-state index contributed by atoms with van der Waals surface area (Å²) in [6.45, 7) is 5.91. The van der Waals surface area contributed by atoms with Crippen LogP contribution in [0.4, 0.5) is 0 Å². The molecule has 1 aromatic carbocycles. The molecule has 1 atom stereocenters. The van der Waals surface area contributed by atoms with Crippen molar-refractivity contribution in [2.45, 2.75) is 33.6 Å². The number of carbonyl (C=O) groups is 1. The summed E-state index contributed by atoms with van der Waals surface area (Å²) in [5, 5.41) is 16.8. The minimum atomic E-state index is -0.813. The zero-order valence-corrected chi connectivity index (χ0v) is 11.9. The molecule has 1 aromatic heterocycles. The molecule has 0 amide bonds. The smallest absolute Gasteiger partial charge is 0.303 e. The number of aliphatic carboxylic acids is 1. The van der Waals surface area contributed by atoms with Gasteiger partial charge in [-0.05, 0) is 37.0 Å². The number of hydrogen-bond acceptors (Lipinski definition) is 4. The zero-order valence-electron chi connectivity index (χ0n) is 11.9. The van der Waals surface area contributed by atoms with Crippen molar-refractivity contribution in [3.63, 3.8) is 0 Å². The van der Waals surface area contributed by atoms with Gasteiger partial charge in [-0.3, -0.25) is 4.79 Å². The predicted molar refractivity (Wildman–Crippen MR) is 74.3 cm³/mol. The molecule has 0 aliphatic rings. The summed E-state index contributed by atoms with van der Waals surface area (Å²) in [4.78, 5) is 10.6. The maximum Gasteiger partial charge on any atom is 0.303 e.